The summed E-state index contributed by atoms with van der Waals surface area (Å²) in [6.07, 6.45) is 1.07. The van der Waals surface area contributed by atoms with Crippen molar-refractivity contribution in [1.29, 1.82) is 0 Å². The Morgan fingerprint density at radius 1 is 1.20 bits per heavy atom. The Hall–Kier alpha value is -2.23. The first-order valence-corrected chi connectivity index (χ1v) is 6.83. The normalized spacial score (nSPS) is 10.3. The number of anilines is 2. The predicted octanol–water partition coefficient (Wildman–Crippen LogP) is 3.09. The maximum atomic E-state index is 5.87. The number of hydrogen-bond donors (Lipinski definition) is 1. The first-order valence-electron chi connectivity index (χ1n) is 6.83. The van der Waals surface area contributed by atoms with Crippen molar-refractivity contribution in [1.82, 2.24) is 4.98 Å². The number of ether oxygens (including phenoxy) is 1. The number of benzene rings is 1. The third-order valence-corrected chi connectivity index (χ3v) is 3.07. The van der Waals surface area contributed by atoms with Gasteiger partial charge in [0.15, 0.2) is 0 Å². The van der Waals surface area contributed by atoms with Crippen LogP contribution in [0.1, 0.15) is 19.0 Å². The van der Waals surface area contributed by atoms with E-state index in [-0.39, 0.29) is 0 Å². The number of hydrogen-bond acceptors (Lipinski definition) is 4. The first-order chi connectivity index (χ1) is 9.72. The highest BCUT2D eigenvalue weighted by molar-refractivity contribution is 5.56. The van der Waals surface area contributed by atoms with E-state index in [1.807, 2.05) is 36.4 Å². The maximum Gasteiger partial charge on any atom is 0.213 e. The zero-order valence-electron chi connectivity index (χ0n) is 12.0. The molecule has 2 rings (SSSR count). The average Bonchev–Trinajstić information content (AvgIpc) is 2.47. The van der Waals surface area contributed by atoms with Crippen LogP contribution in [-0.2, 0) is 6.54 Å². The summed E-state index contributed by atoms with van der Waals surface area (Å²) < 4.78 is 5.17. The number of rotatable bonds is 6. The summed E-state index contributed by atoms with van der Waals surface area (Å²) in [6.45, 7) is 3.87. The van der Waals surface area contributed by atoms with Gasteiger partial charge < -0.3 is 15.4 Å². The Balaban J connectivity index is 2.20. The highest BCUT2D eigenvalue weighted by atomic mass is 16.5. The first kappa shape index (κ1) is 14.2. The molecule has 0 fully saturated rings. The van der Waals surface area contributed by atoms with Gasteiger partial charge in [-0.25, -0.2) is 4.98 Å². The fraction of sp³-hybridized carbons (Fsp3) is 0.312. The largest absolute Gasteiger partial charge is 0.481 e. The Morgan fingerprint density at radius 3 is 2.70 bits per heavy atom. The van der Waals surface area contributed by atoms with Crippen LogP contribution in [0.4, 0.5) is 11.4 Å². The van der Waals surface area contributed by atoms with Crippen LogP contribution in [0.5, 0.6) is 5.88 Å². The molecule has 1 heterocycles. The summed E-state index contributed by atoms with van der Waals surface area (Å²) in [5.74, 6) is 0.645. The van der Waals surface area contributed by atoms with Gasteiger partial charge in [0.25, 0.3) is 0 Å². The van der Waals surface area contributed by atoms with Gasteiger partial charge in [-0.2, -0.15) is 0 Å². The number of aromatic nitrogens is 1. The number of methoxy groups -OCH3 is 1. The SMILES string of the molecule is CCCN(Cc1cccc(OC)n1)c1cccc(N)c1. The van der Waals surface area contributed by atoms with Gasteiger partial charge in [0.05, 0.1) is 19.3 Å². The van der Waals surface area contributed by atoms with E-state index in [1.165, 1.54) is 0 Å². The van der Waals surface area contributed by atoms with Gasteiger partial charge in [-0.3, -0.25) is 0 Å². The van der Waals surface area contributed by atoms with Gasteiger partial charge in [0.2, 0.25) is 5.88 Å². The van der Waals surface area contributed by atoms with Gasteiger partial charge in [-0.05, 0) is 30.7 Å². The number of pyridine rings is 1. The van der Waals surface area contributed by atoms with Crippen LogP contribution in [0.25, 0.3) is 0 Å². The van der Waals surface area contributed by atoms with Crippen LogP contribution in [0.2, 0.25) is 0 Å². The molecule has 0 amide bonds. The Labute approximate surface area is 120 Å². The van der Waals surface area contributed by atoms with Gasteiger partial charge >= 0.3 is 0 Å². The van der Waals surface area contributed by atoms with Crippen molar-refractivity contribution >= 4 is 11.4 Å². The van der Waals surface area contributed by atoms with Crippen molar-refractivity contribution in [3.8, 4) is 5.88 Å². The molecule has 0 saturated heterocycles. The Bertz CT molecular complexity index is 557. The molecule has 0 aliphatic heterocycles. The molecule has 2 aromatic rings. The van der Waals surface area contributed by atoms with Crippen molar-refractivity contribution in [2.45, 2.75) is 19.9 Å². The molecule has 20 heavy (non-hydrogen) atoms. The molecule has 4 heteroatoms. The second kappa shape index (κ2) is 6.80. The summed E-state index contributed by atoms with van der Waals surface area (Å²) in [5, 5.41) is 0. The van der Waals surface area contributed by atoms with E-state index in [1.54, 1.807) is 7.11 Å². The van der Waals surface area contributed by atoms with E-state index in [2.05, 4.69) is 22.9 Å². The molecule has 0 atom stereocenters. The Kier molecular flexibility index (Phi) is 4.82. The lowest BCUT2D eigenvalue weighted by atomic mass is 10.2. The lowest BCUT2D eigenvalue weighted by Crippen LogP contribution is -2.24. The molecular formula is C16H21N3O. The van der Waals surface area contributed by atoms with E-state index >= 15 is 0 Å². The standard InChI is InChI=1S/C16H21N3O/c1-3-10-19(15-8-4-6-13(17)11-15)12-14-7-5-9-16(18-14)20-2/h4-9,11H,3,10,12,17H2,1-2H3. The zero-order chi connectivity index (χ0) is 14.4. The third kappa shape index (κ3) is 3.63. The van der Waals surface area contributed by atoms with Crippen LogP contribution in [-0.4, -0.2) is 18.6 Å². The molecule has 106 valence electrons. The second-order valence-electron chi connectivity index (χ2n) is 4.69. The zero-order valence-corrected chi connectivity index (χ0v) is 12.0. The van der Waals surface area contributed by atoms with Crippen molar-refractivity contribution in [3.05, 3.63) is 48.2 Å². The molecule has 0 unspecified atom stereocenters. The van der Waals surface area contributed by atoms with Crippen LogP contribution in [0.3, 0.4) is 0 Å². The minimum absolute atomic E-state index is 0.645. The molecule has 0 bridgehead atoms. The lowest BCUT2D eigenvalue weighted by Gasteiger charge is -2.24. The van der Waals surface area contributed by atoms with Crippen LogP contribution < -0.4 is 15.4 Å². The smallest absolute Gasteiger partial charge is 0.213 e. The minimum atomic E-state index is 0.645. The van der Waals surface area contributed by atoms with Crippen molar-refractivity contribution in [2.75, 3.05) is 24.3 Å². The topological polar surface area (TPSA) is 51.4 Å². The number of nitrogen functional groups attached to an aromatic ring is 1. The van der Waals surface area contributed by atoms with E-state index in [0.29, 0.717) is 5.88 Å². The van der Waals surface area contributed by atoms with E-state index in [9.17, 15) is 0 Å². The summed E-state index contributed by atoms with van der Waals surface area (Å²) in [5.41, 5.74) is 8.76. The molecule has 0 saturated carbocycles. The van der Waals surface area contributed by atoms with Crippen LogP contribution in [0, 0.1) is 0 Å². The van der Waals surface area contributed by atoms with E-state index < -0.39 is 0 Å². The van der Waals surface area contributed by atoms with Crippen molar-refractivity contribution in [2.24, 2.45) is 0 Å². The maximum absolute atomic E-state index is 5.87. The van der Waals surface area contributed by atoms with Crippen molar-refractivity contribution in [3.63, 3.8) is 0 Å². The summed E-state index contributed by atoms with van der Waals surface area (Å²) in [7, 11) is 1.63. The van der Waals surface area contributed by atoms with Gasteiger partial charge in [-0.15, -0.1) is 0 Å². The molecule has 1 aromatic carbocycles. The molecule has 2 N–H and O–H groups in total. The quantitative estimate of drug-likeness (QED) is 0.820. The summed E-state index contributed by atoms with van der Waals surface area (Å²) in [6, 6.07) is 13.8. The lowest BCUT2D eigenvalue weighted by molar-refractivity contribution is 0.396. The molecule has 0 spiro atoms. The van der Waals surface area contributed by atoms with Gasteiger partial charge in [0, 0.05) is 24.0 Å². The molecule has 0 aliphatic carbocycles. The Morgan fingerprint density at radius 2 is 2.00 bits per heavy atom. The van der Waals surface area contributed by atoms with Gasteiger partial charge in [-0.1, -0.05) is 19.1 Å². The highest BCUT2D eigenvalue weighted by Crippen LogP contribution is 2.20. The third-order valence-electron chi connectivity index (χ3n) is 3.07. The molecular weight excluding hydrogens is 250 g/mol. The molecule has 4 nitrogen and oxygen atoms in total. The molecule has 1 aromatic heterocycles. The fourth-order valence-electron chi connectivity index (χ4n) is 2.15. The number of nitrogens with two attached hydrogens (primary N) is 1. The monoisotopic (exact) mass is 271 g/mol. The van der Waals surface area contributed by atoms with E-state index in [4.69, 9.17) is 10.5 Å². The van der Waals surface area contributed by atoms with Gasteiger partial charge in [0.1, 0.15) is 0 Å². The predicted molar refractivity (Wildman–Crippen MR) is 83.0 cm³/mol. The highest BCUT2D eigenvalue weighted by Gasteiger charge is 2.08. The molecule has 0 radical (unpaired) electrons. The summed E-state index contributed by atoms with van der Waals surface area (Å²) >= 11 is 0. The molecule has 0 aliphatic rings. The van der Waals surface area contributed by atoms with E-state index in [0.717, 1.165) is 36.6 Å². The van der Waals surface area contributed by atoms with Crippen LogP contribution in [0.15, 0.2) is 42.5 Å². The van der Waals surface area contributed by atoms with Crippen molar-refractivity contribution < 1.29 is 4.74 Å². The van der Waals surface area contributed by atoms with Crippen LogP contribution >= 0.6 is 0 Å². The minimum Gasteiger partial charge on any atom is -0.481 e. The fourth-order valence-corrected chi connectivity index (χ4v) is 2.15. The average molecular weight is 271 g/mol. The number of nitrogens with zero attached hydrogens (tertiary/aromatic N) is 2. The summed E-state index contributed by atoms with van der Waals surface area (Å²) in [4.78, 5) is 6.74. The second-order valence-corrected chi connectivity index (χ2v) is 4.69.